The van der Waals surface area contributed by atoms with Crippen molar-refractivity contribution >= 4 is 6.03 Å². The maximum atomic E-state index is 11.8. The van der Waals surface area contributed by atoms with Crippen LogP contribution in [0, 0.1) is 0 Å². The van der Waals surface area contributed by atoms with E-state index in [9.17, 15) is 9.90 Å². The lowest BCUT2D eigenvalue weighted by Gasteiger charge is -2.28. The molecular weight excluding hydrogens is 256 g/mol. The third kappa shape index (κ3) is 3.51. The standard InChI is InChI=1S/C15H20N2O3/c1-10(2)20-13-6-4-12(5-7-13)9-17-8-11(3)14(18)16-15(17)19/h4-8,10,14,18H,9H2,1-3H3,(H,16,19). The predicted molar refractivity (Wildman–Crippen MR) is 76.0 cm³/mol. The van der Waals surface area contributed by atoms with E-state index in [0.29, 0.717) is 12.1 Å². The van der Waals surface area contributed by atoms with Gasteiger partial charge in [-0.15, -0.1) is 0 Å². The zero-order valence-corrected chi connectivity index (χ0v) is 12.0. The Hall–Kier alpha value is -2.01. The molecule has 0 fully saturated rings. The summed E-state index contributed by atoms with van der Waals surface area (Å²) in [4.78, 5) is 13.3. The van der Waals surface area contributed by atoms with E-state index in [-0.39, 0.29) is 12.1 Å². The van der Waals surface area contributed by atoms with Crippen molar-refractivity contribution in [2.24, 2.45) is 0 Å². The van der Waals surface area contributed by atoms with Crippen LogP contribution in [0.5, 0.6) is 5.75 Å². The number of nitrogens with one attached hydrogen (secondary N) is 1. The highest BCUT2D eigenvalue weighted by molar-refractivity contribution is 5.77. The first-order chi connectivity index (χ1) is 9.45. The van der Waals surface area contributed by atoms with E-state index in [4.69, 9.17) is 4.74 Å². The number of carbonyl (C=O) groups is 1. The normalized spacial score (nSPS) is 18.9. The number of amides is 2. The Morgan fingerprint density at radius 2 is 2.00 bits per heavy atom. The first-order valence-electron chi connectivity index (χ1n) is 6.65. The number of urea groups is 1. The van der Waals surface area contributed by atoms with Crippen molar-refractivity contribution in [3.05, 3.63) is 41.6 Å². The monoisotopic (exact) mass is 276 g/mol. The lowest BCUT2D eigenvalue weighted by Crippen LogP contribution is -2.47. The Balaban J connectivity index is 2.05. The minimum absolute atomic E-state index is 0.140. The van der Waals surface area contributed by atoms with Gasteiger partial charge in [0.05, 0.1) is 12.6 Å². The van der Waals surface area contributed by atoms with Crippen molar-refractivity contribution < 1.29 is 14.6 Å². The number of rotatable bonds is 4. The third-order valence-corrected chi connectivity index (χ3v) is 2.96. The second-order valence-corrected chi connectivity index (χ2v) is 5.16. The number of benzene rings is 1. The average Bonchev–Trinajstić information content (AvgIpc) is 2.37. The molecule has 2 amide bonds. The summed E-state index contributed by atoms with van der Waals surface area (Å²) in [6, 6.07) is 7.34. The summed E-state index contributed by atoms with van der Waals surface area (Å²) in [7, 11) is 0. The largest absolute Gasteiger partial charge is 0.491 e. The summed E-state index contributed by atoms with van der Waals surface area (Å²) < 4.78 is 5.57. The van der Waals surface area contributed by atoms with Crippen molar-refractivity contribution in [1.29, 1.82) is 0 Å². The highest BCUT2D eigenvalue weighted by Crippen LogP contribution is 2.17. The predicted octanol–water partition coefficient (Wildman–Crippen LogP) is 2.22. The molecule has 5 heteroatoms. The summed E-state index contributed by atoms with van der Waals surface area (Å²) in [6.07, 6.45) is 0.920. The third-order valence-electron chi connectivity index (χ3n) is 2.96. The fourth-order valence-electron chi connectivity index (χ4n) is 1.95. The van der Waals surface area contributed by atoms with E-state index in [1.165, 1.54) is 0 Å². The van der Waals surface area contributed by atoms with Crippen LogP contribution in [-0.4, -0.2) is 28.4 Å². The molecule has 20 heavy (non-hydrogen) atoms. The van der Waals surface area contributed by atoms with Crippen molar-refractivity contribution in [1.82, 2.24) is 10.2 Å². The molecule has 0 aromatic heterocycles. The lowest BCUT2D eigenvalue weighted by molar-refractivity contribution is 0.142. The molecule has 2 N–H and O–H groups in total. The molecule has 1 unspecified atom stereocenters. The van der Waals surface area contributed by atoms with E-state index >= 15 is 0 Å². The molecule has 0 aliphatic carbocycles. The first-order valence-corrected chi connectivity index (χ1v) is 6.65. The van der Waals surface area contributed by atoms with Crippen molar-refractivity contribution in [3.63, 3.8) is 0 Å². The lowest BCUT2D eigenvalue weighted by atomic mass is 10.2. The van der Waals surface area contributed by atoms with Crippen LogP contribution in [-0.2, 0) is 6.54 Å². The minimum atomic E-state index is -0.888. The van der Waals surface area contributed by atoms with Gasteiger partial charge < -0.3 is 15.2 Å². The van der Waals surface area contributed by atoms with Crippen LogP contribution in [0.25, 0.3) is 0 Å². The molecule has 1 aliphatic rings. The molecule has 0 spiro atoms. The summed E-state index contributed by atoms with van der Waals surface area (Å²) in [5, 5.41) is 12.0. The van der Waals surface area contributed by atoms with Crippen LogP contribution < -0.4 is 10.1 Å². The second-order valence-electron chi connectivity index (χ2n) is 5.16. The van der Waals surface area contributed by atoms with Gasteiger partial charge in [-0.25, -0.2) is 4.79 Å². The quantitative estimate of drug-likeness (QED) is 0.886. The summed E-state index contributed by atoms with van der Waals surface area (Å²) in [5.74, 6) is 0.814. The smallest absolute Gasteiger partial charge is 0.323 e. The molecule has 1 atom stereocenters. The van der Waals surface area contributed by atoms with Crippen LogP contribution in [0.4, 0.5) is 4.79 Å². The molecule has 0 saturated carbocycles. The fourth-order valence-corrected chi connectivity index (χ4v) is 1.95. The Labute approximate surface area is 118 Å². The van der Waals surface area contributed by atoms with Gasteiger partial charge in [-0.3, -0.25) is 4.90 Å². The van der Waals surface area contributed by atoms with Crippen LogP contribution >= 0.6 is 0 Å². The zero-order valence-electron chi connectivity index (χ0n) is 12.0. The molecule has 5 nitrogen and oxygen atoms in total. The Kier molecular flexibility index (Phi) is 4.29. The minimum Gasteiger partial charge on any atom is -0.491 e. The van der Waals surface area contributed by atoms with Crippen LogP contribution in [0.1, 0.15) is 26.3 Å². The van der Waals surface area contributed by atoms with Gasteiger partial charge in [0, 0.05) is 6.20 Å². The Morgan fingerprint density at radius 3 is 2.60 bits per heavy atom. The number of hydrogen-bond donors (Lipinski definition) is 2. The van der Waals surface area contributed by atoms with Crippen LogP contribution in [0.3, 0.4) is 0 Å². The van der Waals surface area contributed by atoms with E-state index in [1.54, 1.807) is 18.0 Å². The molecule has 1 aliphatic heterocycles. The number of aliphatic hydroxyl groups is 1. The number of aliphatic hydroxyl groups excluding tert-OH is 1. The number of nitrogens with zero attached hydrogens (tertiary/aromatic N) is 1. The van der Waals surface area contributed by atoms with E-state index in [0.717, 1.165) is 11.3 Å². The maximum absolute atomic E-state index is 11.8. The van der Waals surface area contributed by atoms with Crippen LogP contribution in [0.2, 0.25) is 0 Å². The summed E-state index contributed by atoms with van der Waals surface area (Å²) >= 11 is 0. The average molecular weight is 276 g/mol. The topological polar surface area (TPSA) is 61.8 Å². The van der Waals surface area contributed by atoms with Gasteiger partial charge in [0.2, 0.25) is 0 Å². The van der Waals surface area contributed by atoms with Gasteiger partial charge in [-0.2, -0.15) is 0 Å². The summed E-state index contributed by atoms with van der Waals surface area (Å²) in [6.45, 7) is 6.18. The number of ether oxygens (including phenoxy) is 1. The highest BCUT2D eigenvalue weighted by atomic mass is 16.5. The molecule has 108 valence electrons. The van der Waals surface area contributed by atoms with E-state index < -0.39 is 6.23 Å². The highest BCUT2D eigenvalue weighted by Gasteiger charge is 2.22. The molecule has 0 radical (unpaired) electrons. The first kappa shape index (κ1) is 14.4. The Bertz CT molecular complexity index is 508. The Morgan fingerprint density at radius 1 is 1.35 bits per heavy atom. The van der Waals surface area contributed by atoms with Crippen molar-refractivity contribution in [2.75, 3.05) is 0 Å². The van der Waals surface area contributed by atoms with Gasteiger partial charge in [0.15, 0.2) is 6.23 Å². The molecule has 2 rings (SSSR count). The summed E-state index contributed by atoms with van der Waals surface area (Å²) in [5.41, 5.74) is 1.71. The van der Waals surface area contributed by atoms with Gasteiger partial charge in [0.1, 0.15) is 5.75 Å². The van der Waals surface area contributed by atoms with Gasteiger partial charge in [-0.1, -0.05) is 12.1 Å². The van der Waals surface area contributed by atoms with E-state index in [2.05, 4.69) is 5.32 Å². The SMILES string of the molecule is CC1=CN(Cc2ccc(OC(C)C)cc2)C(=O)NC1O. The van der Waals surface area contributed by atoms with Crippen molar-refractivity contribution in [2.45, 2.75) is 39.6 Å². The number of hydrogen-bond acceptors (Lipinski definition) is 3. The van der Waals surface area contributed by atoms with E-state index in [1.807, 2.05) is 38.1 Å². The molecule has 1 aromatic rings. The van der Waals surface area contributed by atoms with Crippen LogP contribution in [0.15, 0.2) is 36.0 Å². The fraction of sp³-hybridized carbons (Fsp3) is 0.400. The van der Waals surface area contributed by atoms with Crippen molar-refractivity contribution in [3.8, 4) is 5.75 Å². The van der Waals surface area contributed by atoms with Gasteiger partial charge >= 0.3 is 6.03 Å². The van der Waals surface area contributed by atoms with Gasteiger partial charge in [-0.05, 0) is 44.0 Å². The number of carbonyl (C=O) groups excluding carboxylic acids is 1. The molecule has 0 saturated heterocycles. The molecule has 1 aromatic carbocycles. The second kappa shape index (κ2) is 5.96. The maximum Gasteiger partial charge on any atom is 0.323 e. The molecule has 1 heterocycles. The molecule has 0 bridgehead atoms. The zero-order chi connectivity index (χ0) is 14.7. The molecular formula is C15H20N2O3. The van der Waals surface area contributed by atoms with Gasteiger partial charge in [0.25, 0.3) is 0 Å².